The fourth-order valence-electron chi connectivity index (χ4n) is 1.67. The summed E-state index contributed by atoms with van der Waals surface area (Å²) in [4.78, 5) is 34.7. The molecule has 27 heavy (non-hydrogen) atoms. The molecular formula is C18H23N3O5S. The average Bonchev–Trinajstić information content (AvgIpc) is 2.63. The number of hydrogen-bond donors (Lipinski definition) is 3. The summed E-state index contributed by atoms with van der Waals surface area (Å²) in [7, 11) is 0. The van der Waals surface area contributed by atoms with E-state index < -0.39 is 17.8 Å². The van der Waals surface area contributed by atoms with Crippen LogP contribution in [0.15, 0.2) is 36.4 Å². The normalized spacial score (nSPS) is 10.4. The van der Waals surface area contributed by atoms with Gasteiger partial charge in [0.05, 0.1) is 13.2 Å². The van der Waals surface area contributed by atoms with Crippen molar-refractivity contribution in [1.82, 2.24) is 16.2 Å². The van der Waals surface area contributed by atoms with Gasteiger partial charge in [-0.05, 0) is 49.3 Å². The van der Waals surface area contributed by atoms with Gasteiger partial charge in [-0.1, -0.05) is 13.8 Å². The minimum absolute atomic E-state index is 0.126. The van der Waals surface area contributed by atoms with Gasteiger partial charge in [-0.2, -0.15) is 0 Å². The lowest BCUT2D eigenvalue weighted by molar-refractivity contribution is -0.137. The Morgan fingerprint density at radius 2 is 1.78 bits per heavy atom. The molecule has 0 aromatic heterocycles. The van der Waals surface area contributed by atoms with Crippen molar-refractivity contribution in [2.75, 3.05) is 13.2 Å². The number of rotatable bonds is 7. The van der Waals surface area contributed by atoms with E-state index in [9.17, 15) is 14.4 Å². The number of carbonyl (C=O) groups excluding carboxylic acids is 3. The van der Waals surface area contributed by atoms with E-state index in [-0.39, 0.29) is 11.7 Å². The topological polar surface area (TPSA) is 106 Å². The van der Waals surface area contributed by atoms with Crippen LogP contribution in [0.5, 0.6) is 5.75 Å². The molecule has 0 radical (unpaired) electrons. The zero-order chi connectivity index (χ0) is 20.2. The number of thiocarbonyl (C=S) groups is 1. The van der Waals surface area contributed by atoms with Crippen molar-refractivity contribution in [2.24, 2.45) is 5.92 Å². The van der Waals surface area contributed by atoms with Crippen LogP contribution >= 0.6 is 12.2 Å². The van der Waals surface area contributed by atoms with Crippen LogP contribution in [0.25, 0.3) is 0 Å². The van der Waals surface area contributed by atoms with Gasteiger partial charge < -0.3 is 9.47 Å². The van der Waals surface area contributed by atoms with Crippen LogP contribution in [0.4, 0.5) is 0 Å². The van der Waals surface area contributed by atoms with Crippen LogP contribution in [0, 0.1) is 5.92 Å². The highest BCUT2D eigenvalue weighted by atomic mass is 32.1. The van der Waals surface area contributed by atoms with Crippen LogP contribution in [0.2, 0.25) is 0 Å². The summed E-state index contributed by atoms with van der Waals surface area (Å²) >= 11 is 4.88. The first-order valence-corrected chi connectivity index (χ1v) is 8.71. The first kappa shape index (κ1) is 22.1. The number of nitrogens with one attached hydrogen (secondary N) is 3. The minimum Gasteiger partial charge on any atom is -0.493 e. The second-order valence-electron chi connectivity index (χ2n) is 5.71. The molecule has 0 unspecified atom stereocenters. The highest BCUT2D eigenvalue weighted by Gasteiger charge is 2.08. The molecule has 0 fully saturated rings. The molecule has 0 heterocycles. The number of hydrogen-bond acceptors (Lipinski definition) is 6. The Morgan fingerprint density at radius 3 is 2.37 bits per heavy atom. The van der Waals surface area contributed by atoms with Gasteiger partial charge in [0.1, 0.15) is 5.75 Å². The quantitative estimate of drug-likeness (QED) is 0.279. The van der Waals surface area contributed by atoms with Crippen molar-refractivity contribution in [3.8, 4) is 5.75 Å². The molecule has 8 nitrogen and oxygen atoms in total. The predicted molar refractivity (Wildman–Crippen MR) is 104 cm³/mol. The van der Waals surface area contributed by atoms with Gasteiger partial charge in [-0.3, -0.25) is 25.8 Å². The lowest BCUT2D eigenvalue weighted by Gasteiger charge is -2.11. The Bertz CT molecular complexity index is 701. The monoisotopic (exact) mass is 393 g/mol. The van der Waals surface area contributed by atoms with Crippen LogP contribution in [-0.4, -0.2) is 36.1 Å². The Hall–Kier alpha value is -2.94. The smallest absolute Gasteiger partial charge is 0.330 e. The first-order valence-electron chi connectivity index (χ1n) is 8.30. The molecular weight excluding hydrogens is 370 g/mol. The van der Waals surface area contributed by atoms with Gasteiger partial charge in [0.15, 0.2) is 5.11 Å². The van der Waals surface area contributed by atoms with Gasteiger partial charge >= 0.3 is 5.97 Å². The highest BCUT2D eigenvalue weighted by molar-refractivity contribution is 7.80. The third kappa shape index (κ3) is 9.36. The molecule has 146 valence electrons. The van der Waals surface area contributed by atoms with Gasteiger partial charge in [0.2, 0.25) is 5.91 Å². The average molecular weight is 393 g/mol. The maximum Gasteiger partial charge on any atom is 0.330 e. The highest BCUT2D eigenvalue weighted by Crippen LogP contribution is 2.13. The molecule has 1 aromatic carbocycles. The first-order chi connectivity index (χ1) is 12.8. The maximum atomic E-state index is 12.0. The van der Waals surface area contributed by atoms with Crippen molar-refractivity contribution < 1.29 is 23.9 Å². The minimum atomic E-state index is -0.638. The second kappa shape index (κ2) is 11.6. The zero-order valence-corrected chi connectivity index (χ0v) is 16.2. The largest absolute Gasteiger partial charge is 0.493 e. The molecule has 3 N–H and O–H groups in total. The number of carbonyl (C=O) groups is 3. The summed E-state index contributed by atoms with van der Waals surface area (Å²) in [6, 6.07) is 6.60. The summed E-state index contributed by atoms with van der Waals surface area (Å²) in [5.74, 6) is -0.643. The van der Waals surface area contributed by atoms with E-state index in [1.165, 1.54) is 0 Å². The fraction of sp³-hybridized carbons (Fsp3) is 0.333. The third-order valence-electron chi connectivity index (χ3n) is 2.88. The van der Waals surface area contributed by atoms with Gasteiger partial charge in [-0.25, -0.2) is 4.79 Å². The molecule has 9 heteroatoms. The van der Waals surface area contributed by atoms with E-state index in [0.717, 1.165) is 12.2 Å². The summed E-state index contributed by atoms with van der Waals surface area (Å²) < 4.78 is 10.2. The molecule has 1 rings (SSSR count). The number of ether oxygens (including phenoxy) is 2. The molecule has 0 aliphatic heterocycles. The van der Waals surface area contributed by atoms with Crippen molar-refractivity contribution >= 4 is 35.1 Å². The molecule has 0 spiro atoms. The molecule has 1 aromatic rings. The second-order valence-corrected chi connectivity index (χ2v) is 6.12. The molecule has 2 amide bonds. The third-order valence-corrected chi connectivity index (χ3v) is 3.09. The SMILES string of the molecule is CCOC(=O)C=CC(=O)NC(=S)NNC(=O)c1ccc(OCC(C)C)cc1. The molecule has 0 saturated carbocycles. The Kier molecular flexibility index (Phi) is 9.52. The van der Waals surface area contributed by atoms with Crippen molar-refractivity contribution in [3.63, 3.8) is 0 Å². The van der Waals surface area contributed by atoms with Crippen molar-refractivity contribution in [3.05, 3.63) is 42.0 Å². The number of benzene rings is 1. The summed E-state index contributed by atoms with van der Waals surface area (Å²) in [5, 5.41) is 2.15. The van der Waals surface area contributed by atoms with Crippen molar-refractivity contribution in [1.29, 1.82) is 0 Å². The summed E-state index contributed by atoms with van der Waals surface area (Å²) in [5.41, 5.74) is 5.14. The molecule has 0 atom stereocenters. The lowest BCUT2D eigenvalue weighted by Crippen LogP contribution is -2.48. The van der Waals surface area contributed by atoms with E-state index in [1.54, 1.807) is 31.2 Å². The van der Waals surface area contributed by atoms with E-state index in [4.69, 9.17) is 17.0 Å². The van der Waals surface area contributed by atoms with Gasteiger partial charge in [0, 0.05) is 17.7 Å². The van der Waals surface area contributed by atoms with Crippen LogP contribution in [0.3, 0.4) is 0 Å². The molecule has 0 saturated heterocycles. The number of amides is 2. The van der Waals surface area contributed by atoms with Crippen molar-refractivity contribution in [2.45, 2.75) is 20.8 Å². The molecule has 0 aliphatic carbocycles. The van der Waals surface area contributed by atoms with E-state index in [2.05, 4.69) is 20.9 Å². The van der Waals surface area contributed by atoms with Gasteiger partial charge in [0.25, 0.3) is 5.91 Å². The number of hydrazine groups is 1. The Morgan fingerprint density at radius 1 is 1.11 bits per heavy atom. The lowest BCUT2D eigenvalue weighted by atomic mass is 10.2. The van der Waals surface area contributed by atoms with E-state index in [0.29, 0.717) is 23.8 Å². The van der Waals surface area contributed by atoms with Crippen LogP contribution < -0.4 is 20.9 Å². The molecule has 0 bridgehead atoms. The van der Waals surface area contributed by atoms with E-state index in [1.807, 2.05) is 13.8 Å². The summed E-state index contributed by atoms with van der Waals surface area (Å²) in [6.07, 6.45) is 1.95. The predicted octanol–water partition coefficient (Wildman–Crippen LogP) is 1.48. The standard InChI is InChI=1S/C18H23N3O5S/c1-4-25-16(23)10-9-15(22)19-18(27)21-20-17(24)13-5-7-14(8-6-13)26-11-12(2)3/h5-10,12H,4,11H2,1-3H3,(H,20,24)(H2,19,21,22,27). The zero-order valence-electron chi connectivity index (χ0n) is 15.4. The van der Waals surface area contributed by atoms with E-state index >= 15 is 0 Å². The van der Waals surface area contributed by atoms with Crippen LogP contribution in [-0.2, 0) is 14.3 Å². The Balaban J connectivity index is 2.41. The fourth-order valence-corrected chi connectivity index (χ4v) is 1.82. The summed E-state index contributed by atoms with van der Waals surface area (Å²) in [6.45, 7) is 6.54. The number of esters is 1. The Labute approximate surface area is 163 Å². The maximum absolute atomic E-state index is 12.0. The van der Waals surface area contributed by atoms with Crippen LogP contribution in [0.1, 0.15) is 31.1 Å². The molecule has 0 aliphatic rings. The van der Waals surface area contributed by atoms with Gasteiger partial charge in [-0.15, -0.1) is 0 Å².